The zero-order chi connectivity index (χ0) is 16.4. The molecule has 0 unspecified atom stereocenters. The number of carbonyl (C=O) groups is 1. The monoisotopic (exact) mass is 321 g/mol. The summed E-state index contributed by atoms with van der Waals surface area (Å²) in [5.41, 5.74) is 3.54. The topological polar surface area (TPSA) is 45.2 Å². The number of rotatable bonds is 4. The maximum Gasteiger partial charge on any atom is 0.141 e. The van der Waals surface area contributed by atoms with Crippen molar-refractivity contribution < 1.29 is 4.79 Å². The fraction of sp³-hybridized carbons (Fsp3) is 0.400. The Morgan fingerprint density at radius 2 is 2.08 bits per heavy atom. The van der Waals surface area contributed by atoms with Crippen LogP contribution in [0.2, 0.25) is 0 Å². The van der Waals surface area contributed by atoms with Crippen molar-refractivity contribution in [3.8, 4) is 0 Å². The van der Waals surface area contributed by atoms with Crippen molar-refractivity contribution >= 4 is 11.6 Å². The number of fused-ring (bicyclic) bond motifs is 3. The normalized spacial score (nSPS) is 19.5. The molecular formula is C20H23N3O. The van der Waals surface area contributed by atoms with Crippen LogP contribution in [0, 0.1) is 0 Å². The number of carbonyl (C=O) groups excluding carboxylic acids is 1. The van der Waals surface area contributed by atoms with Crippen molar-refractivity contribution in [2.45, 2.75) is 31.7 Å². The highest BCUT2D eigenvalue weighted by molar-refractivity contribution is 5.83. The summed E-state index contributed by atoms with van der Waals surface area (Å²) >= 11 is 0. The summed E-state index contributed by atoms with van der Waals surface area (Å²) in [6.07, 6.45) is 5.06. The van der Waals surface area contributed by atoms with Gasteiger partial charge in [-0.1, -0.05) is 30.3 Å². The minimum absolute atomic E-state index is 0.275. The Morgan fingerprint density at radius 1 is 1.21 bits per heavy atom. The number of hydrogen-bond donors (Lipinski definition) is 1. The second kappa shape index (κ2) is 6.73. The second-order valence-electron chi connectivity index (χ2n) is 6.74. The number of pyridine rings is 1. The highest BCUT2D eigenvalue weighted by Crippen LogP contribution is 2.32. The third-order valence-electron chi connectivity index (χ3n) is 5.11. The molecular weight excluding hydrogens is 298 g/mol. The number of nitrogens with one attached hydrogen (secondary N) is 1. The van der Waals surface area contributed by atoms with E-state index < -0.39 is 0 Å². The average Bonchev–Trinajstić information content (AvgIpc) is 2.62. The summed E-state index contributed by atoms with van der Waals surface area (Å²) < 4.78 is 0. The Morgan fingerprint density at radius 3 is 2.96 bits per heavy atom. The molecule has 0 radical (unpaired) electrons. The van der Waals surface area contributed by atoms with Gasteiger partial charge in [0.15, 0.2) is 0 Å². The number of ketones is 1. The third kappa shape index (κ3) is 3.06. The van der Waals surface area contributed by atoms with Gasteiger partial charge in [-0.3, -0.25) is 4.79 Å². The van der Waals surface area contributed by atoms with E-state index >= 15 is 0 Å². The number of aromatic nitrogens is 1. The molecule has 0 spiro atoms. The van der Waals surface area contributed by atoms with Gasteiger partial charge in [0.05, 0.1) is 0 Å². The molecule has 1 atom stereocenters. The predicted octanol–water partition coefficient (Wildman–Crippen LogP) is 2.16. The lowest BCUT2D eigenvalue weighted by Gasteiger charge is -2.41. The van der Waals surface area contributed by atoms with E-state index in [2.05, 4.69) is 15.2 Å². The van der Waals surface area contributed by atoms with Gasteiger partial charge in [0, 0.05) is 44.7 Å². The minimum Gasteiger partial charge on any atom is -0.351 e. The minimum atomic E-state index is 0.275. The summed E-state index contributed by atoms with van der Waals surface area (Å²) in [6, 6.07) is 12.6. The van der Waals surface area contributed by atoms with Crippen LogP contribution >= 0.6 is 0 Å². The molecule has 0 amide bonds. The van der Waals surface area contributed by atoms with E-state index in [4.69, 9.17) is 0 Å². The van der Waals surface area contributed by atoms with Crippen molar-refractivity contribution in [2.24, 2.45) is 0 Å². The van der Waals surface area contributed by atoms with Gasteiger partial charge in [-0.25, -0.2) is 4.98 Å². The van der Waals surface area contributed by atoms with Gasteiger partial charge in [0.25, 0.3) is 0 Å². The fourth-order valence-electron chi connectivity index (χ4n) is 3.91. The fourth-order valence-corrected chi connectivity index (χ4v) is 3.91. The Bertz CT molecular complexity index is 729. The van der Waals surface area contributed by atoms with E-state index in [0.717, 1.165) is 49.4 Å². The molecule has 4 rings (SSSR count). The summed E-state index contributed by atoms with van der Waals surface area (Å²) in [7, 11) is 0. The largest absolute Gasteiger partial charge is 0.351 e. The van der Waals surface area contributed by atoms with E-state index in [1.165, 1.54) is 5.56 Å². The lowest BCUT2D eigenvalue weighted by Crippen LogP contribution is -2.53. The molecule has 1 aromatic carbocycles. The first-order valence-electron chi connectivity index (χ1n) is 8.81. The van der Waals surface area contributed by atoms with Crippen LogP contribution in [0.15, 0.2) is 42.6 Å². The van der Waals surface area contributed by atoms with Crippen LogP contribution in [-0.2, 0) is 24.1 Å². The zero-order valence-electron chi connectivity index (χ0n) is 13.9. The standard InChI is InChI=1S/C20H23N3O/c24-18(12-15-4-2-1-3-5-15)13-16-8-9-22-20-19(16)7-6-17-14-21-10-11-23(17)20/h1-5,8-9,17,21H,6-7,10-14H2/t17-/m1/s1. The highest BCUT2D eigenvalue weighted by Gasteiger charge is 2.30. The van der Waals surface area contributed by atoms with Crippen molar-refractivity contribution in [1.82, 2.24) is 10.3 Å². The van der Waals surface area contributed by atoms with Crippen LogP contribution in [0.25, 0.3) is 0 Å². The summed E-state index contributed by atoms with van der Waals surface area (Å²) in [6.45, 7) is 3.05. The number of piperazine rings is 1. The molecule has 1 saturated heterocycles. The highest BCUT2D eigenvalue weighted by atomic mass is 16.1. The predicted molar refractivity (Wildman–Crippen MR) is 95.4 cm³/mol. The van der Waals surface area contributed by atoms with Gasteiger partial charge in [-0.15, -0.1) is 0 Å². The van der Waals surface area contributed by atoms with E-state index in [-0.39, 0.29) is 5.78 Å². The van der Waals surface area contributed by atoms with E-state index in [9.17, 15) is 4.79 Å². The zero-order valence-corrected chi connectivity index (χ0v) is 13.9. The van der Waals surface area contributed by atoms with Gasteiger partial charge < -0.3 is 10.2 Å². The van der Waals surface area contributed by atoms with Gasteiger partial charge in [-0.2, -0.15) is 0 Å². The van der Waals surface area contributed by atoms with E-state index in [0.29, 0.717) is 18.9 Å². The van der Waals surface area contributed by atoms with E-state index in [1.54, 1.807) is 0 Å². The SMILES string of the molecule is O=C(Cc1ccccc1)Cc1ccnc2c1CC[C@@H]1CNCCN21. The van der Waals surface area contributed by atoms with Crippen LogP contribution < -0.4 is 10.2 Å². The smallest absolute Gasteiger partial charge is 0.141 e. The number of nitrogens with zero attached hydrogens (tertiary/aromatic N) is 2. The Balaban J connectivity index is 1.53. The molecule has 0 aliphatic carbocycles. The van der Waals surface area contributed by atoms with Gasteiger partial charge in [0.1, 0.15) is 11.6 Å². The number of hydrogen-bond acceptors (Lipinski definition) is 4. The number of benzene rings is 1. The van der Waals surface area contributed by atoms with E-state index in [1.807, 2.05) is 42.6 Å². The van der Waals surface area contributed by atoms with Crippen LogP contribution in [0.4, 0.5) is 5.82 Å². The lowest BCUT2D eigenvalue weighted by molar-refractivity contribution is -0.117. The number of Topliss-reactive ketones (excluding diaryl/α,β-unsaturated/α-hetero) is 1. The lowest BCUT2D eigenvalue weighted by atomic mass is 9.91. The van der Waals surface area contributed by atoms with Crippen LogP contribution in [0.3, 0.4) is 0 Å². The first kappa shape index (κ1) is 15.3. The van der Waals surface area contributed by atoms with Crippen molar-refractivity contribution in [3.05, 3.63) is 59.3 Å². The van der Waals surface area contributed by atoms with Crippen molar-refractivity contribution in [1.29, 1.82) is 0 Å². The van der Waals surface area contributed by atoms with Crippen molar-refractivity contribution in [3.63, 3.8) is 0 Å². The Kier molecular flexibility index (Phi) is 4.30. The Labute approximate surface area is 142 Å². The molecule has 1 fully saturated rings. The molecule has 0 saturated carbocycles. The molecule has 124 valence electrons. The summed E-state index contributed by atoms with van der Waals surface area (Å²) in [4.78, 5) is 19.6. The molecule has 1 N–H and O–H groups in total. The first-order valence-corrected chi connectivity index (χ1v) is 8.81. The van der Waals surface area contributed by atoms with Gasteiger partial charge in [-0.05, 0) is 35.6 Å². The van der Waals surface area contributed by atoms with Gasteiger partial charge >= 0.3 is 0 Å². The molecule has 0 bridgehead atoms. The second-order valence-corrected chi connectivity index (χ2v) is 6.74. The first-order chi connectivity index (χ1) is 11.8. The number of anilines is 1. The summed E-state index contributed by atoms with van der Waals surface area (Å²) in [5.74, 6) is 1.38. The van der Waals surface area contributed by atoms with Crippen molar-refractivity contribution in [2.75, 3.05) is 24.5 Å². The quantitative estimate of drug-likeness (QED) is 0.937. The molecule has 3 heterocycles. The molecule has 2 aliphatic rings. The van der Waals surface area contributed by atoms with Crippen LogP contribution in [0.5, 0.6) is 0 Å². The van der Waals surface area contributed by atoms with Crippen LogP contribution in [0.1, 0.15) is 23.1 Å². The average molecular weight is 321 g/mol. The summed E-state index contributed by atoms with van der Waals surface area (Å²) in [5, 5.41) is 3.47. The van der Waals surface area contributed by atoms with Crippen LogP contribution in [-0.4, -0.2) is 36.4 Å². The Hall–Kier alpha value is -2.20. The molecule has 2 aliphatic heterocycles. The molecule has 1 aromatic heterocycles. The van der Waals surface area contributed by atoms with Gasteiger partial charge in [0.2, 0.25) is 0 Å². The molecule has 2 aromatic rings. The molecule has 4 nitrogen and oxygen atoms in total. The molecule has 24 heavy (non-hydrogen) atoms. The maximum absolute atomic E-state index is 12.5. The molecule has 4 heteroatoms. The maximum atomic E-state index is 12.5. The third-order valence-corrected chi connectivity index (χ3v) is 5.11.